The third kappa shape index (κ3) is 5.74. The van der Waals surface area contributed by atoms with Crippen LogP contribution in [0.15, 0.2) is 60.7 Å². The minimum absolute atomic E-state index is 0.326. The Morgan fingerprint density at radius 3 is 1.54 bits per heavy atom. The van der Waals surface area contributed by atoms with Gasteiger partial charge in [0.25, 0.3) is 0 Å². The van der Waals surface area contributed by atoms with Crippen LogP contribution in [0, 0.1) is 0 Å². The van der Waals surface area contributed by atoms with Crippen LogP contribution in [0.2, 0.25) is 4.44 Å². The minimum atomic E-state index is -3.72. The second-order valence-electron chi connectivity index (χ2n) is 7.00. The van der Waals surface area contributed by atoms with Gasteiger partial charge in [0.2, 0.25) is 0 Å². The summed E-state index contributed by atoms with van der Waals surface area (Å²) in [6.45, 7) is 7.24. The van der Waals surface area contributed by atoms with Gasteiger partial charge in [-0.15, -0.1) is 0 Å². The monoisotopic (exact) mass is 548 g/mol. The van der Waals surface area contributed by atoms with Gasteiger partial charge in [-0.1, -0.05) is 0 Å². The molecule has 1 atom stereocenters. The molecule has 2 rings (SSSR count). The number of rotatable bonds is 10. The van der Waals surface area contributed by atoms with Gasteiger partial charge < -0.3 is 0 Å². The molecule has 2 aromatic carbocycles. The Kier molecular flexibility index (Phi) is 9.32. The van der Waals surface area contributed by atoms with Gasteiger partial charge in [0.05, 0.1) is 0 Å². The molecule has 1 unspecified atom stereocenters. The standard InChI is InChI=1S/C20H27O4P2.ClH.Sn/c1-16(2)23-26(22,24-17(3)4)18(5)25(21,19-12-8-6-9-13-19)20-14-10-7-11-15-20;;/h6-18H,5H2,1-4H3;1H;/q;;+1/p-1. The Bertz CT molecular complexity index is 773. The van der Waals surface area contributed by atoms with E-state index in [1.807, 2.05) is 88.4 Å². The molecule has 0 spiro atoms. The molecule has 0 aromatic heterocycles. The maximum atomic E-state index is 14.8. The Morgan fingerprint density at radius 2 is 1.21 bits per heavy atom. The number of halogens is 1. The Hall–Kier alpha value is -0.0913. The predicted molar refractivity (Wildman–Crippen MR) is 120 cm³/mol. The Balaban J connectivity index is 2.74. The fraction of sp³-hybridized carbons (Fsp3) is 0.400. The maximum absolute atomic E-state index is 14.8. The van der Waals surface area contributed by atoms with Gasteiger partial charge in [0.15, 0.2) is 0 Å². The summed E-state index contributed by atoms with van der Waals surface area (Å²) in [6.07, 6.45) is -0.652. The summed E-state index contributed by atoms with van der Waals surface area (Å²) in [5.41, 5.74) is 0. The van der Waals surface area contributed by atoms with Crippen LogP contribution in [0.25, 0.3) is 0 Å². The van der Waals surface area contributed by atoms with E-state index in [0.29, 0.717) is 15.0 Å². The van der Waals surface area contributed by atoms with Gasteiger partial charge in [-0.25, -0.2) is 0 Å². The van der Waals surface area contributed by atoms with Crippen LogP contribution in [-0.4, -0.2) is 37.6 Å². The quantitative estimate of drug-likeness (QED) is 0.285. The molecule has 4 nitrogen and oxygen atoms in total. The number of hydrogen-bond acceptors (Lipinski definition) is 4. The topological polar surface area (TPSA) is 52.6 Å². The first-order chi connectivity index (χ1) is 13.2. The van der Waals surface area contributed by atoms with Crippen molar-refractivity contribution in [3.05, 3.63) is 60.7 Å². The van der Waals surface area contributed by atoms with Gasteiger partial charge in [-0.05, 0) is 0 Å². The summed E-state index contributed by atoms with van der Waals surface area (Å²) in [5.74, 6) is 0. The van der Waals surface area contributed by atoms with Crippen molar-refractivity contribution in [2.45, 2.75) is 49.7 Å². The van der Waals surface area contributed by atoms with E-state index in [2.05, 4.69) is 0 Å². The second-order valence-corrected chi connectivity index (χ2v) is 16.2. The van der Waals surface area contributed by atoms with Crippen molar-refractivity contribution in [1.82, 2.24) is 0 Å². The molecule has 28 heavy (non-hydrogen) atoms. The van der Waals surface area contributed by atoms with E-state index in [-0.39, 0.29) is 12.2 Å². The fourth-order valence-corrected chi connectivity index (χ4v) is 18.2. The van der Waals surface area contributed by atoms with Gasteiger partial charge in [-0.2, -0.15) is 0 Å². The van der Waals surface area contributed by atoms with Crippen molar-refractivity contribution in [3.63, 3.8) is 0 Å². The number of hydrogen-bond donors (Lipinski definition) is 0. The average Bonchev–Trinajstić information content (AvgIpc) is 2.65. The summed E-state index contributed by atoms with van der Waals surface area (Å²) in [4.78, 5) is 0. The molecule has 152 valence electrons. The molecule has 8 heteroatoms. The predicted octanol–water partition coefficient (Wildman–Crippen LogP) is 5.65. The van der Waals surface area contributed by atoms with E-state index in [0.717, 1.165) is 0 Å². The van der Waals surface area contributed by atoms with Crippen molar-refractivity contribution in [2.24, 2.45) is 0 Å². The second kappa shape index (κ2) is 10.8. The van der Waals surface area contributed by atoms with E-state index in [1.165, 1.54) is 0 Å². The first kappa shape index (κ1) is 24.2. The van der Waals surface area contributed by atoms with Gasteiger partial charge >= 0.3 is 183 Å². The van der Waals surface area contributed by atoms with Crippen molar-refractivity contribution in [1.29, 1.82) is 0 Å². The van der Waals surface area contributed by atoms with E-state index < -0.39 is 40.2 Å². The van der Waals surface area contributed by atoms with Gasteiger partial charge in [-0.3, -0.25) is 0 Å². The van der Waals surface area contributed by atoms with Crippen LogP contribution in [0.4, 0.5) is 0 Å². The summed E-state index contributed by atoms with van der Waals surface area (Å²) < 4.78 is 41.0. The Labute approximate surface area is 182 Å². The molecule has 0 saturated carbocycles. The molecule has 0 aliphatic rings. The molecule has 0 heterocycles. The van der Waals surface area contributed by atoms with Gasteiger partial charge in [0.1, 0.15) is 0 Å². The molecule has 2 aromatic rings. The van der Waals surface area contributed by atoms with Crippen molar-refractivity contribution < 1.29 is 18.2 Å². The summed E-state index contributed by atoms with van der Waals surface area (Å²) >= 11 is -1.39. The van der Waals surface area contributed by atoms with Crippen LogP contribution < -0.4 is 10.6 Å². The molecular formula is C20H27ClO4P2Sn. The van der Waals surface area contributed by atoms with Gasteiger partial charge in [0, 0.05) is 0 Å². The molecular weight excluding hydrogens is 520 g/mol. The van der Waals surface area contributed by atoms with Crippen molar-refractivity contribution in [3.8, 4) is 0 Å². The SMILES string of the molecule is CC(C)OP(=O)(OC(C)C)C([CH2][Sn][Cl])P(=O)(c1ccccc1)c1ccccc1. The molecule has 0 fully saturated rings. The molecule has 0 bridgehead atoms. The molecule has 0 N–H and O–H groups in total. The van der Waals surface area contributed by atoms with E-state index in [1.54, 1.807) is 0 Å². The van der Waals surface area contributed by atoms with E-state index in [9.17, 15) is 9.13 Å². The summed E-state index contributed by atoms with van der Waals surface area (Å²) in [5, 5.41) is 0.505. The number of benzene rings is 2. The van der Waals surface area contributed by atoms with Crippen LogP contribution >= 0.6 is 23.7 Å². The van der Waals surface area contributed by atoms with E-state index in [4.69, 9.17) is 18.0 Å². The zero-order valence-corrected chi connectivity index (χ0v) is 22.0. The first-order valence-corrected chi connectivity index (χ1v) is 18.3. The molecule has 0 amide bonds. The van der Waals surface area contributed by atoms with Crippen LogP contribution in [-0.2, 0) is 18.2 Å². The zero-order valence-electron chi connectivity index (χ0n) is 16.6. The first-order valence-electron chi connectivity index (χ1n) is 9.25. The summed E-state index contributed by atoms with van der Waals surface area (Å²) in [7, 11) is -0.782. The zero-order chi connectivity index (χ0) is 20.8. The molecule has 0 saturated heterocycles. The Morgan fingerprint density at radius 1 is 0.821 bits per heavy atom. The molecule has 0 aliphatic carbocycles. The third-order valence-corrected chi connectivity index (χ3v) is 16.0. The summed E-state index contributed by atoms with van der Waals surface area (Å²) in [6, 6.07) is 18.5. The average molecular weight is 548 g/mol. The van der Waals surface area contributed by atoms with Crippen LogP contribution in [0.5, 0.6) is 0 Å². The van der Waals surface area contributed by atoms with Crippen molar-refractivity contribution in [2.75, 3.05) is 0 Å². The normalized spacial score (nSPS) is 13.8. The third-order valence-electron chi connectivity index (χ3n) is 4.04. The molecule has 2 radical (unpaired) electrons. The molecule has 0 aliphatic heterocycles. The van der Waals surface area contributed by atoms with Crippen molar-refractivity contribution >= 4 is 54.3 Å². The van der Waals surface area contributed by atoms with Crippen LogP contribution in [0.1, 0.15) is 27.7 Å². The van der Waals surface area contributed by atoms with Crippen LogP contribution in [0.3, 0.4) is 0 Å². The van der Waals surface area contributed by atoms with E-state index >= 15 is 0 Å². The fourth-order valence-electron chi connectivity index (χ4n) is 3.05.